The topological polar surface area (TPSA) is 90.0 Å². The largest absolute Gasteiger partial charge is 0.463 e. The van der Waals surface area contributed by atoms with Gasteiger partial charge in [0.2, 0.25) is 5.91 Å². The van der Waals surface area contributed by atoms with Crippen LogP contribution in [0, 0.1) is 0 Å². The third-order valence-electron chi connectivity index (χ3n) is 2.90. The molecule has 3 aromatic heterocycles. The van der Waals surface area contributed by atoms with E-state index in [1.165, 1.54) is 12.3 Å². The zero-order valence-electron chi connectivity index (χ0n) is 11.5. The van der Waals surface area contributed by atoms with Crippen molar-refractivity contribution < 1.29 is 9.21 Å². The maximum absolute atomic E-state index is 12.0. The molecule has 0 fully saturated rings. The van der Waals surface area contributed by atoms with Crippen LogP contribution >= 0.6 is 0 Å². The number of hydrogen-bond donors (Lipinski definition) is 1. The van der Waals surface area contributed by atoms with Crippen LogP contribution in [0.4, 0.5) is 5.69 Å². The van der Waals surface area contributed by atoms with Crippen molar-refractivity contribution in [2.75, 3.05) is 5.32 Å². The number of carbonyl (C=O) groups excluding carboxylic acids is 1. The van der Waals surface area contributed by atoms with Crippen molar-refractivity contribution in [2.24, 2.45) is 0 Å². The Kier molecular flexibility index (Phi) is 3.78. The normalized spacial score (nSPS) is 10.4. The van der Waals surface area contributed by atoms with Crippen LogP contribution in [0.3, 0.4) is 0 Å². The molecule has 0 atom stereocenters. The predicted octanol–water partition coefficient (Wildman–Crippen LogP) is 1.54. The highest BCUT2D eigenvalue weighted by atomic mass is 16.3. The first-order valence-corrected chi connectivity index (χ1v) is 6.54. The number of carbonyl (C=O) groups is 1. The van der Waals surface area contributed by atoms with E-state index in [2.05, 4.69) is 15.4 Å². The maximum Gasteiger partial charge on any atom is 0.267 e. The van der Waals surface area contributed by atoms with Gasteiger partial charge < -0.3 is 9.73 Å². The van der Waals surface area contributed by atoms with E-state index in [9.17, 15) is 9.59 Å². The first-order valence-electron chi connectivity index (χ1n) is 6.54. The van der Waals surface area contributed by atoms with Crippen molar-refractivity contribution in [3.05, 3.63) is 65.4 Å². The Morgan fingerprint density at radius 3 is 2.73 bits per heavy atom. The van der Waals surface area contributed by atoms with Crippen LogP contribution in [0.5, 0.6) is 0 Å². The zero-order valence-corrected chi connectivity index (χ0v) is 11.5. The lowest BCUT2D eigenvalue weighted by Gasteiger charge is -2.07. The number of nitrogens with one attached hydrogen (secondary N) is 1. The van der Waals surface area contributed by atoms with Crippen molar-refractivity contribution in [2.45, 2.75) is 6.54 Å². The molecule has 3 rings (SSSR count). The number of hydrogen-bond acceptors (Lipinski definition) is 5. The van der Waals surface area contributed by atoms with Crippen molar-refractivity contribution in [1.82, 2.24) is 14.8 Å². The summed E-state index contributed by atoms with van der Waals surface area (Å²) in [6.07, 6.45) is 4.65. The van der Waals surface area contributed by atoms with Crippen LogP contribution in [0.1, 0.15) is 0 Å². The Labute approximate surface area is 125 Å². The van der Waals surface area contributed by atoms with Gasteiger partial charge in [-0.15, -0.1) is 0 Å². The Morgan fingerprint density at radius 1 is 1.18 bits per heavy atom. The molecule has 3 heterocycles. The molecular weight excluding hydrogens is 284 g/mol. The molecule has 0 bridgehead atoms. The van der Waals surface area contributed by atoms with Crippen LogP contribution in [0.15, 0.2) is 64.3 Å². The smallest absolute Gasteiger partial charge is 0.267 e. The first kappa shape index (κ1) is 13.7. The summed E-state index contributed by atoms with van der Waals surface area (Å²) >= 11 is 0. The summed E-state index contributed by atoms with van der Waals surface area (Å²) in [4.78, 5) is 27.6. The summed E-state index contributed by atoms with van der Waals surface area (Å²) < 4.78 is 6.32. The minimum Gasteiger partial charge on any atom is -0.463 e. The number of rotatable bonds is 4. The molecule has 1 amide bonds. The van der Waals surface area contributed by atoms with E-state index in [0.29, 0.717) is 17.1 Å². The minimum atomic E-state index is -0.361. The average Bonchev–Trinajstić information content (AvgIpc) is 3.05. The average molecular weight is 296 g/mol. The van der Waals surface area contributed by atoms with E-state index in [4.69, 9.17) is 4.42 Å². The Bertz CT molecular complexity index is 826. The fourth-order valence-corrected chi connectivity index (χ4v) is 1.89. The van der Waals surface area contributed by atoms with Gasteiger partial charge in [0, 0.05) is 24.1 Å². The third-order valence-corrected chi connectivity index (χ3v) is 2.90. The van der Waals surface area contributed by atoms with Gasteiger partial charge in [0.05, 0.1) is 6.26 Å². The van der Waals surface area contributed by atoms with Gasteiger partial charge in [0.15, 0.2) is 5.76 Å². The first-order chi connectivity index (χ1) is 10.7. The molecule has 0 unspecified atom stereocenters. The second-order valence-corrected chi connectivity index (χ2v) is 4.48. The van der Waals surface area contributed by atoms with Crippen molar-refractivity contribution in [3.8, 4) is 11.5 Å². The Morgan fingerprint density at radius 2 is 2.00 bits per heavy atom. The second kappa shape index (κ2) is 6.04. The summed E-state index contributed by atoms with van der Waals surface area (Å²) in [7, 11) is 0. The highest BCUT2D eigenvalue weighted by molar-refractivity contribution is 5.90. The van der Waals surface area contributed by atoms with Gasteiger partial charge >= 0.3 is 0 Å². The standard InChI is InChI=1S/C15H12N4O3/c20-14(17-11-5-7-16-8-6-11)10-19-15(21)4-3-12(18-19)13-2-1-9-22-13/h1-9H,10H2,(H,16,17,20). The van der Waals surface area contributed by atoms with Crippen LogP contribution in [0.2, 0.25) is 0 Å². The second-order valence-electron chi connectivity index (χ2n) is 4.48. The molecule has 0 aliphatic heterocycles. The lowest BCUT2D eigenvalue weighted by Crippen LogP contribution is -2.29. The van der Waals surface area contributed by atoms with Gasteiger partial charge in [-0.05, 0) is 30.3 Å². The van der Waals surface area contributed by atoms with E-state index in [-0.39, 0.29) is 18.0 Å². The van der Waals surface area contributed by atoms with Crippen molar-refractivity contribution >= 4 is 11.6 Å². The zero-order chi connectivity index (χ0) is 15.4. The molecule has 0 aromatic carbocycles. The van der Waals surface area contributed by atoms with E-state index in [1.807, 2.05) is 0 Å². The maximum atomic E-state index is 12.0. The molecule has 1 N–H and O–H groups in total. The Balaban J connectivity index is 1.78. The van der Waals surface area contributed by atoms with E-state index in [1.54, 1.807) is 42.7 Å². The van der Waals surface area contributed by atoms with Gasteiger partial charge in [-0.25, -0.2) is 4.68 Å². The van der Waals surface area contributed by atoms with E-state index < -0.39 is 0 Å². The number of amides is 1. The number of aromatic nitrogens is 3. The van der Waals surface area contributed by atoms with Crippen LogP contribution in [-0.4, -0.2) is 20.7 Å². The lowest BCUT2D eigenvalue weighted by molar-refractivity contribution is -0.117. The predicted molar refractivity (Wildman–Crippen MR) is 79.1 cm³/mol. The van der Waals surface area contributed by atoms with Gasteiger partial charge in [-0.2, -0.15) is 5.10 Å². The molecule has 110 valence electrons. The monoisotopic (exact) mass is 296 g/mol. The van der Waals surface area contributed by atoms with Gasteiger partial charge in [-0.1, -0.05) is 0 Å². The number of furan rings is 1. The summed E-state index contributed by atoms with van der Waals surface area (Å²) in [5, 5.41) is 6.80. The molecule has 7 nitrogen and oxygen atoms in total. The third kappa shape index (κ3) is 3.09. The summed E-state index contributed by atoms with van der Waals surface area (Å²) in [6, 6.07) is 9.68. The molecule has 0 saturated heterocycles. The lowest BCUT2D eigenvalue weighted by atomic mass is 10.3. The quantitative estimate of drug-likeness (QED) is 0.788. The fourth-order valence-electron chi connectivity index (χ4n) is 1.89. The van der Waals surface area contributed by atoms with Crippen molar-refractivity contribution in [1.29, 1.82) is 0 Å². The van der Waals surface area contributed by atoms with Gasteiger partial charge in [0.25, 0.3) is 5.56 Å². The van der Waals surface area contributed by atoms with E-state index in [0.717, 1.165) is 4.68 Å². The highest BCUT2D eigenvalue weighted by Crippen LogP contribution is 2.15. The number of pyridine rings is 1. The molecule has 3 aromatic rings. The molecule has 7 heteroatoms. The van der Waals surface area contributed by atoms with Crippen LogP contribution < -0.4 is 10.9 Å². The Hall–Kier alpha value is -3.22. The fraction of sp³-hybridized carbons (Fsp3) is 0.0667. The minimum absolute atomic E-state index is 0.185. The van der Waals surface area contributed by atoms with Crippen molar-refractivity contribution in [3.63, 3.8) is 0 Å². The summed E-state index contributed by atoms with van der Waals surface area (Å²) in [5.41, 5.74) is 0.733. The number of anilines is 1. The molecule has 0 radical (unpaired) electrons. The molecule has 0 saturated carbocycles. The molecule has 0 spiro atoms. The molecule has 0 aliphatic carbocycles. The van der Waals surface area contributed by atoms with Gasteiger partial charge in [-0.3, -0.25) is 14.6 Å². The van der Waals surface area contributed by atoms with Crippen LogP contribution in [-0.2, 0) is 11.3 Å². The summed E-state index contributed by atoms with van der Waals surface area (Å²) in [6.45, 7) is -0.185. The highest BCUT2D eigenvalue weighted by Gasteiger charge is 2.09. The van der Waals surface area contributed by atoms with Gasteiger partial charge in [0.1, 0.15) is 12.2 Å². The number of nitrogens with zero attached hydrogens (tertiary/aromatic N) is 3. The molecule has 22 heavy (non-hydrogen) atoms. The van der Waals surface area contributed by atoms with Crippen LogP contribution in [0.25, 0.3) is 11.5 Å². The molecular formula is C15H12N4O3. The summed E-state index contributed by atoms with van der Waals surface area (Å²) in [5.74, 6) is 0.181. The SMILES string of the molecule is O=C(Cn1nc(-c2ccco2)ccc1=O)Nc1ccncc1. The van der Waals surface area contributed by atoms with E-state index >= 15 is 0 Å². The molecule has 0 aliphatic rings.